The van der Waals surface area contributed by atoms with Crippen LogP contribution in [0.2, 0.25) is 0 Å². The van der Waals surface area contributed by atoms with Gasteiger partial charge in [0.25, 0.3) is 0 Å². The van der Waals surface area contributed by atoms with Crippen molar-refractivity contribution in [2.75, 3.05) is 5.75 Å². The normalized spacial score (nSPS) is 12.0. The number of nitrogens with two attached hydrogens (primary N) is 1. The van der Waals surface area contributed by atoms with Crippen LogP contribution in [0.1, 0.15) is 15.9 Å². The molecule has 0 saturated carbocycles. The number of rotatable bonds is 5. The first-order valence-corrected chi connectivity index (χ1v) is 5.93. The maximum absolute atomic E-state index is 11.4. The van der Waals surface area contributed by atoms with E-state index >= 15 is 0 Å². The molecule has 5 nitrogen and oxygen atoms in total. The van der Waals surface area contributed by atoms with E-state index in [1.165, 1.54) is 12.1 Å². The Bertz CT molecular complexity index is 444. The molecular weight excluding hydrogens is 230 g/mol. The van der Waals surface area contributed by atoms with Crippen LogP contribution in [0.25, 0.3) is 0 Å². The Balaban J connectivity index is 2.74. The third-order valence-corrected chi connectivity index (χ3v) is 3.07. The van der Waals surface area contributed by atoms with Crippen molar-refractivity contribution >= 4 is 22.7 Å². The molecule has 0 bridgehead atoms. The molecule has 0 radical (unpaired) electrons. The van der Waals surface area contributed by atoms with E-state index in [9.17, 15) is 13.8 Å². The van der Waals surface area contributed by atoms with Gasteiger partial charge in [-0.1, -0.05) is 12.1 Å². The van der Waals surface area contributed by atoms with Crippen LogP contribution in [-0.4, -0.2) is 26.9 Å². The number of carboxylic acid groups (broad SMARTS) is 1. The molecule has 1 aromatic rings. The van der Waals surface area contributed by atoms with E-state index in [2.05, 4.69) is 0 Å². The summed E-state index contributed by atoms with van der Waals surface area (Å²) in [5.41, 5.74) is 5.64. The molecule has 16 heavy (non-hydrogen) atoms. The van der Waals surface area contributed by atoms with Crippen molar-refractivity contribution < 1.29 is 18.9 Å². The maximum Gasteiger partial charge on any atom is 0.335 e. The summed E-state index contributed by atoms with van der Waals surface area (Å²) in [5.74, 6) is -1.75. The molecule has 3 N–H and O–H groups in total. The molecule has 1 aromatic carbocycles. The van der Waals surface area contributed by atoms with Crippen molar-refractivity contribution in [3.8, 4) is 0 Å². The van der Waals surface area contributed by atoms with E-state index in [0.29, 0.717) is 5.56 Å². The highest BCUT2D eigenvalue weighted by Gasteiger charge is 2.08. The van der Waals surface area contributed by atoms with Gasteiger partial charge in [-0.2, -0.15) is 0 Å². The molecule has 86 valence electrons. The van der Waals surface area contributed by atoms with E-state index in [1.807, 2.05) is 0 Å². The third kappa shape index (κ3) is 3.82. The Hall–Kier alpha value is -1.69. The minimum atomic E-state index is -1.39. The fraction of sp³-hybridized carbons (Fsp3) is 0.200. The van der Waals surface area contributed by atoms with Gasteiger partial charge in [0, 0.05) is 16.6 Å². The molecule has 1 atom stereocenters. The quantitative estimate of drug-likeness (QED) is 0.765. The zero-order valence-electron chi connectivity index (χ0n) is 8.38. The number of benzene rings is 1. The number of primary amides is 1. The van der Waals surface area contributed by atoms with Gasteiger partial charge in [0.1, 0.15) is 5.75 Å². The van der Waals surface area contributed by atoms with Crippen molar-refractivity contribution in [1.29, 1.82) is 0 Å². The van der Waals surface area contributed by atoms with Gasteiger partial charge >= 0.3 is 5.97 Å². The van der Waals surface area contributed by atoms with Gasteiger partial charge < -0.3 is 10.8 Å². The molecule has 0 spiro atoms. The largest absolute Gasteiger partial charge is 0.478 e. The number of hydrogen-bond donors (Lipinski definition) is 2. The number of carboxylic acids is 1. The van der Waals surface area contributed by atoms with E-state index in [-0.39, 0.29) is 17.1 Å². The zero-order valence-corrected chi connectivity index (χ0v) is 9.20. The van der Waals surface area contributed by atoms with Crippen molar-refractivity contribution in [3.63, 3.8) is 0 Å². The van der Waals surface area contributed by atoms with E-state index in [1.54, 1.807) is 12.1 Å². The van der Waals surface area contributed by atoms with E-state index < -0.39 is 22.7 Å². The Morgan fingerprint density at radius 2 is 2.06 bits per heavy atom. The maximum atomic E-state index is 11.4. The van der Waals surface area contributed by atoms with Crippen LogP contribution in [0.3, 0.4) is 0 Å². The van der Waals surface area contributed by atoms with Crippen molar-refractivity contribution in [2.24, 2.45) is 5.73 Å². The highest BCUT2D eigenvalue weighted by molar-refractivity contribution is 7.84. The van der Waals surface area contributed by atoms with Gasteiger partial charge in [-0.3, -0.25) is 9.00 Å². The van der Waals surface area contributed by atoms with Crippen molar-refractivity contribution in [3.05, 3.63) is 35.4 Å². The first-order chi connectivity index (χ1) is 7.49. The lowest BCUT2D eigenvalue weighted by molar-refractivity contribution is -0.115. The Labute approximate surface area is 94.7 Å². The van der Waals surface area contributed by atoms with Gasteiger partial charge in [-0.15, -0.1) is 0 Å². The molecule has 1 unspecified atom stereocenters. The van der Waals surface area contributed by atoms with Gasteiger partial charge in [0.2, 0.25) is 5.91 Å². The van der Waals surface area contributed by atoms with Crippen LogP contribution in [0.15, 0.2) is 24.3 Å². The summed E-state index contributed by atoms with van der Waals surface area (Å²) in [6.45, 7) is 0. The molecule has 6 heteroatoms. The van der Waals surface area contributed by atoms with E-state index in [0.717, 1.165) is 0 Å². The summed E-state index contributed by atoms with van der Waals surface area (Å²) >= 11 is 0. The summed E-state index contributed by atoms with van der Waals surface area (Å²) in [4.78, 5) is 21.2. The van der Waals surface area contributed by atoms with Gasteiger partial charge in [0.05, 0.1) is 5.56 Å². The fourth-order valence-corrected chi connectivity index (χ4v) is 2.16. The Morgan fingerprint density at radius 3 is 2.62 bits per heavy atom. The fourth-order valence-electron chi connectivity index (χ4n) is 1.19. The number of aromatic carboxylic acids is 1. The molecular formula is C10H11NO4S. The van der Waals surface area contributed by atoms with Crippen LogP contribution < -0.4 is 5.73 Å². The Kier molecular flexibility index (Phi) is 4.19. The van der Waals surface area contributed by atoms with Crippen LogP contribution in [0, 0.1) is 0 Å². The van der Waals surface area contributed by atoms with Crippen LogP contribution >= 0.6 is 0 Å². The molecule has 0 aliphatic rings. The van der Waals surface area contributed by atoms with Crippen LogP contribution in [0.4, 0.5) is 0 Å². The molecule has 0 aliphatic heterocycles. The minimum absolute atomic E-state index is 0.129. The molecule has 1 amide bonds. The summed E-state index contributed by atoms with van der Waals surface area (Å²) in [6, 6.07) is 6.11. The van der Waals surface area contributed by atoms with E-state index in [4.69, 9.17) is 10.8 Å². The number of carbonyl (C=O) groups is 2. The Morgan fingerprint density at radius 1 is 1.38 bits per heavy atom. The summed E-state index contributed by atoms with van der Waals surface area (Å²) in [5, 5.41) is 8.74. The number of hydrogen-bond acceptors (Lipinski definition) is 3. The second-order valence-corrected chi connectivity index (χ2v) is 4.66. The topological polar surface area (TPSA) is 97.5 Å². The number of carbonyl (C=O) groups excluding carboxylic acids is 1. The summed E-state index contributed by atoms with van der Waals surface area (Å²) in [7, 11) is -1.39. The first-order valence-electron chi connectivity index (χ1n) is 4.44. The second-order valence-electron chi connectivity index (χ2n) is 3.20. The lowest BCUT2D eigenvalue weighted by Gasteiger charge is -2.01. The first kappa shape index (κ1) is 12.4. The predicted octanol–water partition coefficient (Wildman–Crippen LogP) is 0.119. The minimum Gasteiger partial charge on any atom is -0.478 e. The standard InChI is InChI=1S/C10H11NO4S/c11-9(12)6-16(15)5-7-2-1-3-8(4-7)10(13)14/h1-4H,5-6H2,(H2,11,12)(H,13,14). The highest BCUT2D eigenvalue weighted by Crippen LogP contribution is 2.07. The zero-order chi connectivity index (χ0) is 12.1. The van der Waals surface area contributed by atoms with Crippen molar-refractivity contribution in [2.45, 2.75) is 5.75 Å². The third-order valence-electron chi connectivity index (χ3n) is 1.80. The SMILES string of the molecule is NC(=O)CS(=O)Cc1cccc(C(=O)O)c1. The van der Waals surface area contributed by atoms with Crippen molar-refractivity contribution in [1.82, 2.24) is 0 Å². The molecule has 0 aromatic heterocycles. The lowest BCUT2D eigenvalue weighted by atomic mass is 10.1. The van der Waals surface area contributed by atoms with Crippen LogP contribution in [0.5, 0.6) is 0 Å². The average molecular weight is 241 g/mol. The summed E-state index contributed by atoms with van der Waals surface area (Å²) in [6.07, 6.45) is 0. The van der Waals surface area contributed by atoms with Crippen LogP contribution in [-0.2, 0) is 21.3 Å². The average Bonchev–Trinajstić information content (AvgIpc) is 2.16. The van der Waals surface area contributed by atoms with Gasteiger partial charge in [-0.25, -0.2) is 4.79 Å². The molecule has 0 fully saturated rings. The predicted molar refractivity (Wildman–Crippen MR) is 59.3 cm³/mol. The highest BCUT2D eigenvalue weighted by atomic mass is 32.2. The monoisotopic (exact) mass is 241 g/mol. The summed E-state index contributed by atoms with van der Waals surface area (Å²) < 4.78 is 11.4. The molecule has 0 heterocycles. The number of amides is 1. The van der Waals surface area contributed by atoms with Gasteiger partial charge in [0.15, 0.2) is 0 Å². The molecule has 1 rings (SSSR count). The van der Waals surface area contributed by atoms with Gasteiger partial charge in [-0.05, 0) is 17.7 Å². The second kappa shape index (κ2) is 5.41. The smallest absolute Gasteiger partial charge is 0.335 e. The molecule has 0 aliphatic carbocycles. The molecule has 0 saturated heterocycles. The lowest BCUT2D eigenvalue weighted by Crippen LogP contribution is -2.20.